The van der Waals surface area contributed by atoms with Crippen LogP contribution in [0.3, 0.4) is 0 Å². The number of nitrogens with zero attached hydrogens (tertiary/aromatic N) is 1. The van der Waals surface area contributed by atoms with E-state index < -0.39 is 0 Å². The molecular formula is C10H20N2S. The Morgan fingerprint density at radius 1 is 1.15 bits per heavy atom. The maximum atomic E-state index is 5.97. The molecule has 0 atom stereocenters. The first-order chi connectivity index (χ1) is 6.37. The Bertz CT molecular complexity index is 160. The average molecular weight is 200 g/mol. The highest BCUT2D eigenvalue weighted by Gasteiger charge is 2.37. The van der Waals surface area contributed by atoms with Crippen molar-refractivity contribution in [3.63, 3.8) is 0 Å². The summed E-state index contributed by atoms with van der Waals surface area (Å²) >= 11 is 2.09. The highest BCUT2D eigenvalue weighted by Crippen LogP contribution is 2.33. The summed E-state index contributed by atoms with van der Waals surface area (Å²) in [6, 6.07) is 0. The summed E-state index contributed by atoms with van der Waals surface area (Å²) in [7, 11) is 0. The highest BCUT2D eigenvalue weighted by molar-refractivity contribution is 7.99. The topological polar surface area (TPSA) is 29.3 Å². The number of hydrogen-bond acceptors (Lipinski definition) is 3. The number of likely N-dealkylation sites (tertiary alicyclic amines) is 1. The van der Waals surface area contributed by atoms with E-state index in [1.54, 1.807) is 0 Å². The van der Waals surface area contributed by atoms with Gasteiger partial charge in [0.15, 0.2) is 0 Å². The van der Waals surface area contributed by atoms with Gasteiger partial charge in [0.25, 0.3) is 0 Å². The SMILES string of the molecule is NCC1(N2CCCC2)CCSCC1. The molecule has 0 aromatic rings. The molecule has 2 heterocycles. The summed E-state index contributed by atoms with van der Waals surface area (Å²) in [5.41, 5.74) is 6.36. The lowest BCUT2D eigenvalue weighted by Gasteiger charge is -2.43. The molecular weight excluding hydrogens is 180 g/mol. The van der Waals surface area contributed by atoms with Gasteiger partial charge in [-0.25, -0.2) is 0 Å². The third-order valence-corrected chi connectivity index (χ3v) is 4.57. The molecule has 2 fully saturated rings. The zero-order chi connectivity index (χ0) is 9.15. The fourth-order valence-electron chi connectivity index (χ4n) is 2.59. The van der Waals surface area contributed by atoms with Crippen molar-refractivity contribution >= 4 is 11.8 Å². The van der Waals surface area contributed by atoms with Crippen LogP contribution in [-0.2, 0) is 0 Å². The summed E-state index contributed by atoms with van der Waals surface area (Å²) in [5.74, 6) is 2.63. The second-order valence-electron chi connectivity index (χ2n) is 4.23. The number of rotatable bonds is 2. The van der Waals surface area contributed by atoms with Crippen molar-refractivity contribution in [1.29, 1.82) is 0 Å². The van der Waals surface area contributed by atoms with Gasteiger partial charge in [0.2, 0.25) is 0 Å². The second-order valence-corrected chi connectivity index (χ2v) is 5.46. The van der Waals surface area contributed by atoms with Crippen LogP contribution in [0.4, 0.5) is 0 Å². The van der Waals surface area contributed by atoms with Gasteiger partial charge in [-0.05, 0) is 50.3 Å². The molecule has 0 aromatic carbocycles. The van der Waals surface area contributed by atoms with Crippen LogP contribution in [0.1, 0.15) is 25.7 Å². The molecule has 0 radical (unpaired) electrons. The number of nitrogens with two attached hydrogens (primary N) is 1. The van der Waals surface area contributed by atoms with Crippen LogP contribution >= 0.6 is 11.8 Å². The van der Waals surface area contributed by atoms with Gasteiger partial charge in [-0.1, -0.05) is 0 Å². The lowest BCUT2D eigenvalue weighted by atomic mass is 9.90. The van der Waals surface area contributed by atoms with E-state index in [0.717, 1.165) is 6.54 Å². The van der Waals surface area contributed by atoms with E-state index in [2.05, 4.69) is 16.7 Å². The van der Waals surface area contributed by atoms with Crippen LogP contribution in [0, 0.1) is 0 Å². The van der Waals surface area contributed by atoms with Crippen molar-refractivity contribution in [1.82, 2.24) is 4.90 Å². The first kappa shape index (κ1) is 9.81. The molecule has 0 aliphatic carbocycles. The molecule has 2 N–H and O–H groups in total. The molecule has 2 rings (SSSR count). The third-order valence-electron chi connectivity index (χ3n) is 3.58. The first-order valence-electron chi connectivity index (χ1n) is 5.40. The van der Waals surface area contributed by atoms with Gasteiger partial charge in [-0.2, -0.15) is 11.8 Å². The maximum absolute atomic E-state index is 5.97. The van der Waals surface area contributed by atoms with Crippen LogP contribution in [0.25, 0.3) is 0 Å². The van der Waals surface area contributed by atoms with E-state index in [4.69, 9.17) is 5.73 Å². The zero-order valence-corrected chi connectivity index (χ0v) is 9.11. The van der Waals surface area contributed by atoms with Crippen LogP contribution in [-0.4, -0.2) is 41.6 Å². The Balaban J connectivity index is 2.03. The Hall–Kier alpha value is 0.270. The Morgan fingerprint density at radius 2 is 1.77 bits per heavy atom. The zero-order valence-electron chi connectivity index (χ0n) is 8.30. The normalized spacial score (nSPS) is 29.3. The Morgan fingerprint density at radius 3 is 2.31 bits per heavy atom. The van der Waals surface area contributed by atoms with Crippen molar-refractivity contribution in [2.24, 2.45) is 5.73 Å². The Labute approximate surface area is 85.2 Å². The van der Waals surface area contributed by atoms with Crippen LogP contribution in [0.15, 0.2) is 0 Å². The summed E-state index contributed by atoms with van der Waals surface area (Å²) in [4.78, 5) is 2.66. The van der Waals surface area contributed by atoms with E-state index in [-0.39, 0.29) is 0 Å². The monoisotopic (exact) mass is 200 g/mol. The van der Waals surface area contributed by atoms with Gasteiger partial charge in [-0.15, -0.1) is 0 Å². The van der Waals surface area contributed by atoms with Crippen molar-refractivity contribution in [2.45, 2.75) is 31.2 Å². The molecule has 0 bridgehead atoms. The molecule has 0 aromatic heterocycles. The molecule has 0 spiro atoms. The molecule has 2 nitrogen and oxygen atoms in total. The average Bonchev–Trinajstić information content (AvgIpc) is 2.72. The second kappa shape index (κ2) is 4.20. The smallest absolute Gasteiger partial charge is 0.0347 e. The molecule has 13 heavy (non-hydrogen) atoms. The summed E-state index contributed by atoms with van der Waals surface area (Å²) in [5, 5.41) is 0. The molecule has 0 amide bonds. The lowest BCUT2D eigenvalue weighted by molar-refractivity contribution is 0.113. The minimum Gasteiger partial charge on any atom is -0.329 e. The predicted octanol–water partition coefficient (Wildman–Crippen LogP) is 1.31. The van der Waals surface area contributed by atoms with Crippen LogP contribution < -0.4 is 5.73 Å². The van der Waals surface area contributed by atoms with E-state index in [9.17, 15) is 0 Å². The van der Waals surface area contributed by atoms with Gasteiger partial charge in [0.05, 0.1) is 0 Å². The summed E-state index contributed by atoms with van der Waals surface area (Å²) < 4.78 is 0. The van der Waals surface area contributed by atoms with E-state index in [1.165, 1.54) is 50.3 Å². The van der Waals surface area contributed by atoms with Gasteiger partial charge in [0.1, 0.15) is 0 Å². The summed E-state index contributed by atoms with van der Waals surface area (Å²) in [6.45, 7) is 3.46. The highest BCUT2D eigenvalue weighted by atomic mass is 32.2. The van der Waals surface area contributed by atoms with Gasteiger partial charge < -0.3 is 5.73 Å². The number of thioether (sulfide) groups is 1. The molecule has 76 valence electrons. The minimum atomic E-state index is 0.391. The number of hydrogen-bond donors (Lipinski definition) is 1. The van der Waals surface area contributed by atoms with Crippen molar-refractivity contribution < 1.29 is 0 Å². The fraction of sp³-hybridized carbons (Fsp3) is 1.00. The molecule has 2 aliphatic rings. The molecule has 2 saturated heterocycles. The van der Waals surface area contributed by atoms with Gasteiger partial charge in [0, 0.05) is 12.1 Å². The quantitative estimate of drug-likeness (QED) is 0.729. The van der Waals surface area contributed by atoms with Crippen LogP contribution in [0.5, 0.6) is 0 Å². The fourth-order valence-corrected chi connectivity index (χ4v) is 3.85. The lowest BCUT2D eigenvalue weighted by Crippen LogP contribution is -2.54. The standard InChI is InChI=1S/C10H20N2S/c11-9-10(3-7-13-8-4-10)12-5-1-2-6-12/h1-9,11H2. The van der Waals surface area contributed by atoms with Crippen molar-refractivity contribution in [3.05, 3.63) is 0 Å². The maximum Gasteiger partial charge on any atom is 0.0347 e. The van der Waals surface area contributed by atoms with E-state index >= 15 is 0 Å². The van der Waals surface area contributed by atoms with E-state index in [0.29, 0.717) is 5.54 Å². The molecule has 0 unspecified atom stereocenters. The molecule has 0 saturated carbocycles. The Kier molecular flexibility index (Phi) is 3.17. The van der Waals surface area contributed by atoms with Crippen molar-refractivity contribution in [2.75, 3.05) is 31.1 Å². The predicted molar refractivity (Wildman–Crippen MR) is 59.2 cm³/mol. The summed E-state index contributed by atoms with van der Waals surface area (Å²) in [6.07, 6.45) is 5.39. The molecule has 3 heteroatoms. The molecule has 2 aliphatic heterocycles. The third kappa shape index (κ3) is 1.88. The van der Waals surface area contributed by atoms with Crippen LogP contribution in [0.2, 0.25) is 0 Å². The first-order valence-corrected chi connectivity index (χ1v) is 6.56. The van der Waals surface area contributed by atoms with E-state index in [1.807, 2.05) is 0 Å². The minimum absolute atomic E-state index is 0.391. The largest absolute Gasteiger partial charge is 0.329 e. The van der Waals surface area contributed by atoms with Gasteiger partial charge >= 0.3 is 0 Å². The van der Waals surface area contributed by atoms with Crippen molar-refractivity contribution in [3.8, 4) is 0 Å². The van der Waals surface area contributed by atoms with Gasteiger partial charge in [-0.3, -0.25) is 4.90 Å².